The topological polar surface area (TPSA) is 41.3 Å². The Labute approximate surface area is 115 Å². The van der Waals surface area contributed by atoms with Crippen molar-refractivity contribution in [3.8, 4) is 0 Å². The molecule has 2 fully saturated rings. The van der Waals surface area contributed by atoms with Crippen molar-refractivity contribution in [1.82, 2.24) is 14.5 Å². The summed E-state index contributed by atoms with van der Waals surface area (Å²) in [6.45, 7) is 5.39. The van der Waals surface area contributed by atoms with E-state index in [2.05, 4.69) is 21.4 Å². The van der Waals surface area contributed by atoms with Gasteiger partial charge in [-0.15, -0.1) is 0 Å². The van der Waals surface area contributed by atoms with Gasteiger partial charge in [-0.3, -0.25) is 4.90 Å². The molecule has 0 bridgehead atoms. The van der Waals surface area contributed by atoms with E-state index in [9.17, 15) is 5.11 Å². The van der Waals surface area contributed by atoms with Crippen molar-refractivity contribution in [3.63, 3.8) is 0 Å². The third-order valence-electron chi connectivity index (χ3n) is 4.80. The fourth-order valence-corrected chi connectivity index (χ4v) is 3.80. The second kappa shape index (κ2) is 5.25. The van der Waals surface area contributed by atoms with Crippen LogP contribution in [-0.2, 0) is 13.0 Å². The number of nitrogens with zero attached hydrogens (tertiary/aromatic N) is 3. The molecule has 0 spiro atoms. The van der Waals surface area contributed by atoms with E-state index in [-0.39, 0.29) is 0 Å². The zero-order valence-corrected chi connectivity index (χ0v) is 11.9. The van der Waals surface area contributed by atoms with Crippen LogP contribution in [0.4, 0.5) is 0 Å². The summed E-state index contributed by atoms with van der Waals surface area (Å²) >= 11 is 0. The van der Waals surface area contributed by atoms with Crippen LogP contribution in [0.25, 0.3) is 0 Å². The molecule has 4 nitrogen and oxygen atoms in total. The third kappa shape index (κ3) is 2.43. The highest BCUT2D eigenvalue weighted by Crippen LogP contribution is 2.37. The highest BCUT2D eigenvalue weighted by atomic mass is 16.3. The lowest BCUT2D eigenvalue weighted by molar-refractivity contribution is -0.0109. The van der Waals surface area contributed by atoms with Crippen molar-refractivity contribution in [1.29, 1.82) is 0 Å². The Morgan fingerprint density at radius 2 is 2.32 bits per heavy atom. The molecule has 0 aliphatic carbocycles. The van der Waals surface area contributed by atoms with Crippen molar-refractivity contribution in [3.05, 3.63) is 18.2 Å². The van der Waals surface area contributed by atoms with Crippen molar-refractivity contribution >= 4 is 0 Å². The van der Waals surface area contributed by atoms with Crippen LogP contribution in [0.15, 0.2) is 12.4 Å². The van der Waals surface area contributed by atoms with Gasteiger partial charge in [-0.05, 0) is 32.2 Å². The average Bonchev–Trinajstić information content (AvgIpc) is 2.97. The first-order valence-corrected chi connectivity index (χ1v) is 7.69. The highest BCUT2D eigenvalue weighted by molar-refractivity contribution is 5.08. The van der Waals surface area contributed by atoms with E-state index < -0.39 is 5.60 Å². The number of rotatable bonds is 4. The van der Waals surface area contributed by atoms with Gasteiger partial charge in [0.2, 0.25) is 0 Å². The summed E-state index contributed by atoms with van der Waals surface area (Å²) in [5, 5.41) is 11.1. The quantitative estimate of drug-likeness (QED) is 0.901. The second-order valence-electron chi connectivity index (χ2n) is 6.11. The van der Waals surface area contributed by atoms with Crippen LogP contribution in [0, 0.1) is 0 Å². The number of aryl methyl sites for hydroxylation is 1. The predicted octanol–water partition coefficient (Wildman–Crippen LogP) is 1.82. The normalized spacial score (nSPS) is 31.6. The van der Waals surface area contributed by atoms with Gasteiger partial charge in [0.1, 0.15) is 5.82 Å². The Morgan fingerprint density at radius 3 is 3.16 bits per heavy atom. The molecule has 2 aliphatic rings. The second-order valence-corrected chi connectivity index (χ2v) is 6.11. The van der Waals surface area contributed by atoms with Crippen LogP contribution in [0.2, 0.25) is 0 Å². The summed E-state index contributed by atoms with van der Waals surface area (Å²) < 4.78 is 2.20. The minimum absolute atomic E-state index is 0.355. The summed E-state index contributed by atoms with van der Waals surface area (Å²) in [5.74, 6) is 1.05. The van der Waals surface area contributed by atoms with Crippen molar-refractivity contribution < 1.29 is 5.11 Å². The first kappa shape index (κ1) is 13.1. The molecule has 0 amide bonds. The average molecular weight is 263 g/mol. The molecule has 0 aromatic carbocycles. The summed E-state index contributed by atoms with van der Waals surface area (Å²) in [7, 11) is 0. The molecule has 3 heterocycles. The number of hydrogen-bond acceptors (Lipinski definition) is 3. The maximum absolute atomic E-state index is 11.1. The van der Waals surface area contributed by atoms with Gasteiger partial charge in [0.25, 0.3) is 0 Å². The van der Waals surface area contributed by atoms with Gasteiger partial charge >= 0.3 is 0 Å². The minimum Gasteiger partial charge on any atom is -0.388 e. The number of aromatic nitrogens is 2. The molecule has 4 heteroatoms. The van der Waals surface area contributed by atoms with Crippen LogP contribution in [0.3, 0.4) is 0 Å². The standard InChI is InChI=1S/C15H25N3O/c1-2-8-18-11-7-16-14(18)12-15(19)6-10-17-9-4-3-5-13(15)17/h7,11,13,19H,2-6,8-10,12H2,1H3. The molecular weight excluding hydrogens is 238 g/mol. The van der Waals surface area contributed by atoms with E-state index >= 15 is 0 Å². The molecule has 106 valence electrons. The van der Waals surface area contributed by atoms with Gasteiger partial charge in [0, 0.05) is 37.9 Å². The van der Waals surface area contributed by atoms with Crippen molar-refractivity contribution in [2.45, 2.75) is 63.6 Å². The van der Waals surface area contributed by atoms with E-state index in [1.807, 2.05) is 12.4 Å². The lowest BCUT2D eigenvalue weighted by Gasteiger charge is -2.37. The molecule has 1 N–H and O–H groups in total. The zero-order valence-electron chi connectivity index (χ0n) is 11.9. The monoisotopic (exact) mass is 263 g/mol. The number of piperidine rings is 1. The largest absolute Gasteiger partial charge is 0.388 e. The van der Waals surface area contributed by atoms with E-state index in [1.165, 1.54) is 12.8 Å². The molecule has 2 unspecified atom stereocenters. The third-order valence-corrected chi connectivity index (χ3v) is 4.80. The maximum atomic E-state index is 11.1. The fourth-order valence-electron chi connectivity index (χ4n) is 3.80. The molecular formula is C15H25N3O. The Bertz CT molecular complexity index is 431. The van der Waals surface area contributed by atoms with Gasteiger partial charge in [0.05, 0.1) is 5.60 Å². The van der Waals surface area contributed by atoms with E-state index in [0.29, 0.717) is 12.5 Å². The molecule has 1 aromatic heterocycles. The van der Waals surface area contributed by atoms with Gasteiger partial charge < -0.3 is 9.67 Å². The van der Waals surface area contributed by atoms with Crippen molar-refractivity contribution in [2.75, 3.05) is 13.1 Å². The molecule has 2 atom stereocenters. The van der Waals surface area contributed by atoms with Gasteiger partial charge in [-0.2, -0.15) is 0 Å². The van der Waals surface area contributed by atoms with Gasteiger partial charge in [-0.25, -0.2) is 4.98 Å². The predicted molar refractivity (Wildman–Crippen MR) is 75.0 cm³/mol. The Hall–Kier alpha value is -0.870. The Kier molecular flexibility index (Phi) is 3.63. The summed E-state index contributed by atoms with van der Waals surface area (Å²) in [5.41, 5.74) is -0.558. The molecule has 3 rings (SSSR count). The molecule has 2 saturated heterocycles. The lowest BCUT2D eigenvalue weighted by Crippen LogP contribution is -2.48. The Morgan fingerprint density at radius 1 is 1.42 bits per heavy atom. The first-order chi connectivity index (χ1) is 9.23. The Balaban J connectivity index is 1.76. The number of imidazole rings is 1. The van der Waals surface area contributed by atoms with Gasteiger partial charge in [0.15, 0.2) is 0 Å². The van der Waals surface area contributed by atoms with Crippen LogP contribution in [0.1, 0.15) is 44.9 Å². The number of hydrogen-bond donors (Lipinski definition) is 1. The summed E-state index contributed by atoms with van der Waals surface area (Å²) in [6, 6.07) is 0.355. The first-order valence-electron chi connectivity index (χ1n) is 7.69. The van der Waals surface area contributed by atoms with Crippen LogP contribution in [0.5, 0.6) is 0 Å². The smallest absolute Gasteiger partial charge is 0.111 e. The van der Waals surface area contributed by atoms with E-state index in [0.717, 1.165) is 44.7 Å². The van der Waals surface area contributed by atoms with Crippen LogP contribution >= 0.6 is 0 Å². The minimum atomic E-state index is -0.558. The highest BCUT2D eigenvalue weighted by Gasteiger charge is 2.47. The number of aliphatic hydroxyl groups is 1. The van der Waals surface area contributed by atoms with Gasteiger partial charge in [-0.1, -0.05) is 13.3 Å². The maximum Gasteiger partial charge on any atom is 0.111 e. The zero-order chi connectivity index (χ0) is 13.3. The van der Waals surface area contributed by atoms with Crippen molar-refractivity contribution in [2.24, 2.45) is 0 Å². The molecule has 0 radical (unpaired) electrons. The SMILES string of the molecule is CCCn1ccnc1CC1(O)CCN2CCCCC21. The fraction of sp³-hybridized carbons (Fsp3) is 0.800. The molecule has 19 heavy (non-hydrogen) atoms. The van der Waals surface area contributed by atoms with Crippen LogP contribution < -0.4 is 0 Å². The van der Waals surface area contributed by atoms with E-state index in [1.54, 1.807) is 0 Å². The molecule has 2 aliphatic heterocycles. The lowest BCUT2D eigenvalue weighted by atomic mass is 9.86. The van der Waals surface area contributed by atoms with Crippen LogP contribution in [-0.4, -0.2) is 44.3 Å². The summed E-state index contributed by atoms with van der Waals surface area (Å²) in [4.78, 5) is 6.95. The van der Waals surface area contributed by atoms with E-state index in [4.69, 9.17) is 0 Å². The molecule has 1 aromatic rings. The number of fused-ring (bicyclic) bond motifs is 1. The molecule has 0 saturated carbocycles. The summed E-state index contributed by atoms with van der Waals surface area (Å²) in [6.07, 6.45) is 10.3.